The summed E-state index contributed by atoms with van der Waals surface area (Å²) in [6.07, 6.45) is -0.634. The molecule has 0 radical (unpaired) electrons. The van der Waals surface area contributed by atoms with E-state index in [9.17, 15) is 4.79 Å². The summed E-state index contributed by atoms with van der Waals surface area (Å²) in [6, 6.07) is 13.0. The maximum atomic E-state index is 12.6. The minimum Gasteiger partial charge on any atom is -0.481 e. The predicted molar refractivity (Wildman–Crippen MR) is 107 cm³/mol. The smallest absolute Gasteiger partial charge is 0.263 e. The van der Waals surface area contributed by atoms with Gasteiger partial charge in [-0.2, -0.15) is 4.98 Å². The molecule has 0 aliphatic carbocycles. The third-order valence-electron chi connectivity index (χ3n) is 4.30. The van der Waals surface area contributed by atoms with Crippen molar-refractivity contribution in [2.75, 3.05) is 7.05 Å². The molecule has 1 aromatic heterocycles. The van der Waals surface area contributed by atoms with Crippen LogP contribution in [0.4, 0.5) is 0 Å². The molecule has 0 N–H and O–H groups in total. The van der Waals surface area contributed by atoms with E-state index in [-0.39, 0.29) is 12.5 Å². The van der Waals surface area contributed by atoms with Crippen molar-refractivity contribution in [1.82, 2.24) is 15.0 Å². The Balaban J connectivity index is 1.63. The minimum absolute atomic E-state index is 0.175. The van der Waals surface area contributed by atoms with Crippen LogP contribution in [-0.4, -0.2) is 34.1 Å². The Kier molecular flexibility index (Phi) is 5.99. The van der Waals surface area contributed by atoms with Crippen LogP contribution < -0.4 is 4.74 Å². The molecule has 28 heavy (non-hydrogen) atoms. The Morgan fingerprint density at radius 2 is 1.93 bits per heavy atom. The van der Waals surface area contributed by atoms with Crippen molar-refractivity contribution < 1.29 is 14.1 Å². The molecule has 1 amide bonds. The van der Waals surface area contributed by atoms with Crippen molar-refractivity contribution in [3.63, 3.8) is 0 Å². The highest BCUT2D eigenvalue weighted by atomic mass is 35.5. The lowest BCUT2D eigenvalue weighted by Gasteiger charge is -2.21. The number of hydrogen-bond acceptors (Lipinski definition) is 5. The summed E-state index contributed by atoms with van der Waals surface area (Å²) in [5.74, 6) is 1.32. The quantitative estimate of drug-likeness (QED) is 0.613. The van der Waals surface area contributed by atoms with Gasteiger partial charge in [-0.05, 0) is 56.7 Å². The second kappa shape index (κ2) is 8.44. The lowest BCUT2D eigenvalue weighted by atomic mass is 10.1. The fraction of sp³-hybridized carbons (Fsp3) is 0.286. The number of carbonyl (C=O) groups is 1. The van der Waals surface area contributed by atoms with Gasteiger partial charge in [-0.25, -0.2) is 0 Å². The monoisotopic (exact) mass is 399 g/mol. The number of benzene rings is 2. The molecule has 2 aromatic carbocycles. The van der Waals surface area contributed by atoms with Crippen LogP contribution in [0.15, 0.2) is 47.0 Å². The first-order valence-corrected chi connectivity index (χ1v) is 9.28. The Hall–Kier alpha value is -2.86. The van der Waals surface area contributed by atoms with Crippen molar-refractivity contribution in [2.45, 2.75) is 33.4 Å². The number of rotatable bonds is 6. The SMILES string of the molecule is Cc1ccc(OC(C)C(=O)N(C)Cc2nc(-c3ccc(Cl)cc3)no2)c(C)c1. The molecule has 1 atom stereocenters. The second-order valence-electron chi connectivity index (χ2n) is 6.74. The fourth-order valence-corrected chi connectivity index (χ4v) is 2.92. The molecular weight excluding hydrogens is 378 g/mol. The maximum absolute atomic E-state index is 12.6. The number of hydrogen-bond donors (Lipinski definition) is 0. The van der Waals surface area contributed by atoms with Crippen LogP contribution in [0.25, 0.3) is 11.4 Å². The zero-order valence-corrected chi connectivity index (χ0v) is 17.0. The number of aromatic nitrogens is 2. The van der Waals surface area contributed by atoms with Gasteiger partial charge in [0.1, 0.15) is 5.75 Å². The fourth-order valence-electron chi connectivity index (χ4n) is 2.80. The predicted octanol–water partition coefficient (Wildman–Crippen LogP) is 4.43. The van der Waals surface area contributed by atoms with Gasteiger partial charge in [-0.1, -0.05) is 34.5 Å². The summed E-state index contributed by atoms with van der Waals surface area (Å²) in [5, 5.41) is 4.60. The molecule has 1 heterocycles. The summed E-state index contributed by atoms with van der Waals surface area (Å²) in [4.78, 5) is 18.5. The van der Waals surface area contributed by atoms with Gasteiger partial charge in [0.05, 0.1) is 6.54 Å². The van der Waals surface area contributed by atoms with E-state index in [4.69, 9.17) is 20.9 Å². The molecule has 146 valence electrons. The van der Waals surface area contributed by atoms with E-state index >= 15 is 0 Å². The van der Waals surface area contributed by atoms with Gasteiger partial charge in [-0.15, -0.1) is 0 Å². The van der Waals surface area contributed by atoms with E-state index in [1.54, 1.807) is 26.1 Å². The highest BCUT2D eigenvalue weighted by molar-refractivity contribution is 6.30. The molecule has 0 fully saturated rings. The number of aryl methyl sites for hydroxylation is 2. The highest BCUT2D eigenvalue weighted by Crippen LogP contribution is 2.21. The van der Waals surface area contributed by atoms with Crippen molar-refractivity contribution in [3.8, 4) is 17.1 Å². The third kappa shape index (κ3) is 4.70. The van der Waals surface area contributed by atoms with E-state index in [0.717, 1.165) is 16.7 Å². The van der Waals surface area contributed by atoms with Crippen LogP contribution in [0.2, 0.25) is 5.02 Å². The first-order valence-electron chi connectivity index (χ1n) is 8.91. The number of likely N-dealkylation sites (N-methyl/N-ethyl adjacent to an activating group) is 1. The van der Waals surface area contributed by atoms with E-state index in [1.807, 2.05) is 44.2 Å². The van der Waals surface area contributed by atoms with E-state index < -0.39 is 6.10 Å². The largest absolute Gasteiger partial charge is 0.481 e. The molecule has 0 saturated carbocycles. The lowest BCUT2D eigenvalue weighted by Crippen LogP contribution is -2.37. The number of ether oxygens (including phenoxy) is 1. The van der Waals surface area contributed by atoms with Gasteiger partial charge in [-0.3, -0.25) is 4.79 Å². The molecule has 3 rings (SSSR count). The molecule has 0 bridgehead atoms. The second-order valence-corrected chi connectivity index (χ2v) is 7.18. The van der Waals surface area contributed by atoms with E-state index in [2.05, 4.69) is 10.1 Å². The van der Waals surface area contributed by atoms with Crippen molar-refractivity contribution in [1.29, 1.82) is 0 Å². The van der Waals surface area contributed by atoms with Gasteiger partial charge in [0.25, 0.3) is 5.91 Å². The van der Waals surface area contributed by atoms with Gasteiger partial charge in [0.2, 0.25) is 11.7 Å². The Labute approximate surface area is 169 Å². The maximum Gasteiger partial charge on any atom is 0.263 e. The summed E-state index contributed by atoms with van der Waals surface area (Å²) in [7, 11) is 1.68. The Bertz CT molecular complexity index is 969. The number of halogens is 1. The Morgan fingerprint density at radius 3 is 2.61 bits per heavy atom. The number of nitrogens with zero attached hydrogens (tertiary/aromatic N) is 3. The highest BCUT2D eigenvalue weighted by Gasteiger charge is 2.22. The van der Waals surface area contributed by atoms with Crippen LogP contribution in [0, 0.1) is 13.8 Å². The van der Waals surface area contributed by atoms with Crippen molar-refractivity contribution in [3.05, 3.63) is 64.5 Å². The molecule has 6 nitrogen and oxygen atoms in total. The molecule has 0 spiro atoms. The van der Waals surface area contributed by atoms with Crippen LogP contribution in [0.1, 0.15) is 23.9 Å². The van der Waals surface area contributed by atoms with Gasteiger partial charge < -0.3 is 14.2 Å². The van der Waals surface area contributed by atoms with Crippen molar-refractivity contribution in [2.24, 2.45) is 0 Å². The average Bonchev–Trinajstić information content (AvgIpc) is 3.12. The van der Waals surface area contributed by atoms with Crippen LogP contribution in [-0.2, 0) is 11.3 Å². The van der Waals surface area contributed by atoms with Gasteiger partial charge in [0.15, 0.2) is 6.10 Å². The summed E-state index contributed by atoms with van der Waals surface area (Å²) >= 11 is 5.89. The number of amides is 1. The molecule has 0 aliphatic heterocycles. The molecule has 0 saturated heterocycles. The summed E-state index contributed by atoms with van der Waals surface area (Å²) in [6.45, 7) is 5.90. The zero-order chi connectivity index (χ0) is 20.3. The topological polar surface area (TPSA) is 68.5 Å². The van der Waals surface area contributed by atoms with E-state index in [1.165, 1.54) is 4.90 Å². The van der Waals surface area contributed by atoms with Crippen LogP contribution in [0.3, 0.4) is 0 Å². The molecule has 1 unspecified atom stereocenters. The molecular formula is C21H22ClN3O3. The van der Waals surface area contributed by atoms with Gasteiger partial charge >= 0.3 is 0 Å². The van der Waals surface area contributed by atoms with Crippen LogP contribution in [0.5, 0.6) is 5.75 Å². The summed E-state index contributed by atoms with van der Waals surface area (Å²) in [5.41, 5.74) is 2.93. The van der Waals surface area contributed by atoms with E-state index in [0.29, 0.717) is 22.5 Å². The standard InChI is InChI=1S/C21H22ClN3O3/c1-13-5-10-18(14(2)11-13)27-15(3)21(26)25(4)12-19-23-20(24-28-19)16-6-8-17(22)9-7-16/h5-11,15H,12H2,1-4H3. The van der Waals surface area contributed by atoms with Crippen LogP contribution >= 0.6 is 11.6 Å². The van der Waals surface area contributed by atoms with Gasteiger partial charge in [0, 0.05) is 17.6 Å². The molecule has 3 aromatic rings. The first kappa shape index (κ1) is 19.9. The summed E-state index contributed by atoms with van der Waals surface area (Å²) < 4.78 is 11.1. The zero-order valence-electron chi connectivity index (χ0n) is 16.3. The lowest BCUT2D eigenvalue weighted by molar-refractivity contribution is -0.137. The molecule has 0 aliphatic rings. The minimum atomic E-state index is -0.634. The first-order chi connectivity index (χ1) is 13.3. The number of carbonyl (C=O) groups excluding carboxylic acids is 1. The normalized spacial score (nSPS) is 11.9. The molecule has 7 heteroatoms. The van der Waals surface area contributed by atoms with Crippen molar-refractivity contribution >= 4 is 17.5 Å². The Morgan fingerprint density at radius 1 is 1.21 bits per heavy atom. The third-order valence-corrected chi connectivity index (χ3v) is 4.55. The average molecular weight is 400 g/mol.